The number of piperidine rings is 1. The second-order valence-corrected chi connectivity index (χ2v) is 4.57. The van der Waals surface area contributed by atoms with Crippen LogP contribution in [-0.4, -0.2) is 41.3 Å². The maximum atomic E-state index is 11.8. The summed E-state index contributed by atoms with van der Waals surface area (Å²) in [5.74, 6) is -0.477. The Bertz CT molecular complexity index is 518. The van der Waals surface area contributed by atoms with E-state index >= 15 is 0 Å². The molecule has 2 heterocycles. The highest BCUT2D eigenvalue weighted by Gasteiger charge is 2.17. The maximum absolute atomic E-state index is 11.8. The molecule has 0 bridgehead atoms. The van der Waals surface area contributed by atoms with Crippen molar-refractivity contribution >= 4 is 11.8 Å². The molecule has 0 aromatic carbocycles. The molecular weight excluding hydrogens is 246 g/mol. The van der Waals surface area contributed by atoms with Crippen molar-refractivity contribution in [1.29, 1.82) is 0 Å². The predicted octanol–water partition coefficient (Wildman–Crippen LogP) is 0.117. The van der Waals surface area contributed by atoms with Crippen LogP contribution in [0.1, 0.15) is 29.6 Å². The summed E-state index contributed by atoms with van der Waals surface area (Å²) in [5.41, 5.74) is -0.0785. The molecule has 1 aliphatic rings. The molecule has 1 saturated heterocycles. The molecule has 19 heavy (non-hydrogen) atoms. The lowest BCUT2D eigenvalue weighted by Crippen LogP contribution is -2.42. The van der Waals surface area contributed by atoms with Crippen LogP contribution in [0.5, 0.6) is 0 Å². The number of carbonyl (C=O) groups excluding carboxylic acids is 2. The van der Waals surface area contributed by atoms with Crippen molar-refractivity contribution in [2.24, 2.45) is 0 Å². The van der Waals surface area contributed by atoms with E-state index in [1.807, 2.05) is 0 Å². The summed E-state index contributed by atoms with van der Waals surface area (Å²) in [6, 6.07) is 2.71. The number of aromatic nitrogens is 1. The van der Waals surface area contributed by atoms with Crippen molar-refractivity contribution in [3.8, 4) is 0 Å². The summed E-state index contributed by atoms with van der Waals surface area (Å²) in [4.78, 5) is 38.9. The van der Waals surface area contributed by atoms with E-state index < -0.39 is 5.91 Å². The monoisotopic (exact) mass is 263 g/mol. The van der Waals surface area contributed by atoms with Crippen LogP contribution in [0, 0.1) is 0 Å². The van der Waals surface area contributed by atoms with Crippen LogP contribution in [0.15, 0.2) is 23.1 Å². The normalized spacial score (nSPS) is 15.1. The Labute approximate surface area is 110 Å². The number of H-pyrrole nitrogens is 1. The number of nitrogens with one attached hydrogen (secondary N) is 2. The van der Waals surface area contributed by atoms with Gasteiger partial charge in [0.1, 0.15) is 0 Å². The number of pyridine rings is 1. The van der Waals surface area contributed by atoms with Gasteiger partial charge in [-0.2, -0.15) is 0 Å². The van der Waals surface area contributed by atoms with E-state index in [0.29, 0.717) is 0 Å². The highest BCUT2D eigenvalue weighted by Crippen LogP contribution is 2.08. The van der Waals surface area contributed by atoms with Gasteiger partial charge in [0.2, 0.25) is 11.5 Å². The highest BCUT2D eigenvalue weighted by molar-refractivity contribution is 5.96. The Morgan fingerprint density at radius 3 is 2.68 bits per heavy atom. The number of hydrogen-bond acceptors (Lipinski definition) is 3. The van der Waals surface area contributed by atoms with Crippen molar-refractivity contribution in [3.05, 3.63) is 34.2 Å². The lowest BCUT2D eigenvalue weighted by molar-refractivity contribution is -0.130. The first-order valence-electron chi connectivity index (χ1n) is 6.41. The van der Waals surface area contributed by atoms with Gasteiger partial charge in [-0.3, -0.25) is 14.4 Å². The average Bonchev–Trinajstić information content (AvgIpc) is 2.45. The van der Waals surface area contributed by atoms with Gasteiger partial charge in [0.05, 0.1) is 6.54 Å². The second kappa shape index (κ2) is 6.17. The van der Waals surface area contributed by atoms with Crippen molar-refractivity contribution in [2.45, 2.75) is 19.3 Å². The smallest absolute Gasteiger partial charge is 0.251 e. The summed E-state index contributed by atoms with van der Waals surface area (Å²) in [7, 11) is 0. The predicted molar refractivity (Wildman–Crippen MR) is 69.8 cm³/mol. The number of likely N-dealkylation sites (tertiary alicyclic amines) is 1. The third kappa shape index (κ3) is 3.67. The molecule has 0 radical (unpaired) electrons. The Morgan fingerprint density at radius 1 is 1.26 bits per heavy atom. The molecule has 2 amide bonds. The fraction of sp³-hybridized carbons (Fsp3) is 0.462. The molecule has 0 unspecified atom stereocenters. The molecule has 0 spiro atoms. The molecular formula is C13H17N3O3. The summed E-state index contributed by atoms with van der Waals surface area (Å²) >= 11 is 0. The van der Waals surface area contributed by atoms with Gasteiger partial charge in [0.15, 0.2) is 0 Å². The molecule has 6 heteroatoms. The third-order valence-corrected chi connectivity index (χ3v) is 3.15. The van der Waals surface area contributed by atoms with Gasteiger partial charge < -0.3 is 15.2 Å². The number of rotatable bonds is 3. The van der Waals surface area contributed by atoms with Crippen LogP contribution in [0.4, 0.5) is 0 Å². The van der Waals surface area contributed by atoms with Gasteiger partial charge in [-0.1, -0.05) is 0 Å². The van der Waals surface area contributed by atoms with E-state index in [2.05, 4.69) is 10.3 Å². The van der Waals surface area contributed by atoms with Crippen LogP contribution in [0.3, 0.4) is 0 Å². The van der Waals surface area contributed by atoms with Gasteiger partial charge in [-0.25, -0.2) is 0 Å². The average molecular weight is 263 g/mol. The molecule has 0 aliphatic carbocycles. The Hall–Kier alpha value is -2.11. The van der Waals surface area contributed by atoms with E-state index in [1.165, 1.54) is 18.3 Å². The number of hydrogen-bond donors (Lipinski definition) is 2. The Balaban J connectivity index is 1.86. The quantitative estimate of drug-likeness (QED) is 0.812. The van der Waals surface area contributed by atoms with Crippen molar-refractivity contribution in [2.75, 3.05) is 19.6 Å². The van der Waals surface area contributed by atoms with Crippen LogP contribution in [-0.2, 0) is 4.79 Å². The van der Waals surface area contributed by atoms with Gasteiger partial charge in [0.25, 0.3) is 5.91 Å². The second-order valence-electron chi connectivity index (χ2n) is 4.57. The number of amides is 2. The summed E-state index contributed by atoms with van der Waals surface area (Å²) in [5, 5.41) is 2.54. The lowest BCUT2D eigenvalue weighted by Gasteiger charge is -2.26. The first-order valence-corrected chi connectivity index (χ1v) is 6.41. The SMILES string of the molecule is O=C(NCC(=O)N1CCCCC1)c1cc[nH]c(=O)c1. The maximum Gasteiger partial charge on any atom is 0.251 e. The van der Waals surface area contributed by atoms with Crippen molar-refractivity contribution in [1.82, 2.24) is 15.2 Å². The Kier molecular flexibility index (Phi) is 4.33. The highest BCUT2D eigenvalue weighted by atomic mass is 16.2. The van der Waals surface area contributed by atoms with E-state index in [9.17, 15) is 14.4 Å². The fourth-order valence-corrected chi connectivity index (χ4v) is 2.10. The van der Waals surface area contributed by atoms with E-state index in [1.54, 1.807) is 4.90 Å². The van der Waals surface area contributed by atoms with Crippen LogP contribution >= 0.6 is 0 Å². The molecule has 1 aliphatic heterocycles. The summed E-state index contributed by atoms with van der Waals surface area (Å²) in [6.07, 6.45) is 4.61. The van der Waals surface area contributed by atoms with Gasteiger partial charge in [0, 0.05) is 30.9 Å². The molecule has 1 fully saturated rings. The van der Waals surface area contributed by atoms with Crippen LogP contribution in [0.2, 0.25) is 0 Å². The minimum Gasteiger partial charge on any atom is -0.343 e. The topological polar surface area (TPSA) is 82.3 Å². The molecule has 6 nitrogen and oxygen atoms in total. The zero-order chi connectivity index (χ0) is 13.7. The zero-order valence-corrected chi connectivity index (χ0v) is 10.6. The van der Waals surface area contributed by atoms with Crippen molar-refractivity contribution < 1.29 is 9.59 Å². The Morgan fingerprint density at radius 2 is 2.00 bits per heavy atom. The molecule has 102 valence electrons. The van der Waals surface area contributed by atoms with E-state index in [0.717, 1.165) is 32.4 Å². The minimum absolute atomic E-state index is 0.0222. The molecule has 0 atom stereocenters. The first kappa shape index (κ1) is 13.3. The largest absolute Gasteiger partial charge is 0.343 e. The van der Waals surface area contributed by atoms with Crippen LogP contribution in [0.25, 0.3) is 0 Å². The summed E-state index contributed by atoms with van der Waals surface area (Å²) in [6.45, 7) is 1.51. The van der Waals surface area contributed by atoms with Gasteiger partial charge in [-0.05, 0) is 25.3 Å². The number of nitrogens with zero attached hydrogens (tertiary/aromatic N) is 1. The standard InChI is InChI=1S/C13H17N3O3/c17-11-8-10(4-5-14-11)13(19)15-9-12(18)16-6-2-1-3-7-16/h4-5,8H,1-3,6-7,9H2,(H,14,17)(H,15,19). The molecule has 2 N–H and O–H groups in total. The zero-order valence-electron chi connectivity index (χ0n) is 10.6. The van der Waals surface area contributed by atoms with Crippen LogP contribution < -0.4 is 10.9 Å². The van der Waals surface area contributed by atoms with E-state index in [-0.39, 0.29) is 23.6 Å². The number of aromatic amines is 1. The van der Waals surface area contributed by atoms with Gasteiger partial charge >= 0.3 is 0 Å². The third-order valence-electron chi connectivity index (χ3n) is 3.15. The molecule has 2 rings (SSSR count). The lowest BCUT2D eigenvalue weighted by atomic mass is 10.1. The van der Waals surface area contributed by atoms with Gasteiger partial charge in [-0.15, -0.1) is 0 Å². The first-order chi connectivity index (χ1) is 9.16. The minimum atomic E-state index is -0.406. The van der Waals surface area contributed by atoms with Crippen molar-refractivity contribution in [3.63, 3.8) is 0 Å². The van der Waals surface area contributed by atoms with E-state index in [4.69, 9.17) is 0 Å². The molecule has 1 aromatic rings. The fourth-order valence-electron chi connectivity index (χ4n) is 2.10. The number of carbonyl (C=O) groups is 2. The molecule has 0 saturated carbocycles. The molecule has 1 aromatic heterocycles. The summed E-state index contributed by atoms with van der Waals surface area (Å²) < 4.78 is 0.